The number of halogens is 1. The van der Waals surface area contributed by atoms with Crippen LogP contribution in [0.4, 0.5) is 4.39 Å². The SMILES string of the molecule is O=C(c1ccno1)N1CCC(c2c[nH]c3cc(F)ccc23)CC1. The van der Waals surface area contributed by atoms with Crippen molar-refractivity contribution in [1.82, 2.24) is 15.0 Å². The van der Waals surface area contributed by atoms with E-state index in [1.54, 1.807) is 11.0 Å². The number of aromatic nitrogens is 2. The van der Waals surface area contributed by atoms with Crippen molar-refractivity contribution >= 4 is 16.8 Å². The first-order valence-electron chi connectivity index (χ1n) is 7.69. The molecule has 118 valence electrons. The van der Waals surface area contributed by atoms with Crippen molar-refractivity contribution in [3.63, 3.8) is 0 Å². The van der Waals surface area contributed by atoms with Crippen LogP contribution in [-0.2, 0) is 0 Å². The minimum Gasteiger partial charge on any atom is -0.361 e. The van der Waals surface area contributed by atoms with Crippen molar-refractivity contribution < 1.29 is 13.7 Å². The number of hydrogen-bond donors (Lipinski definition) is 1. The zero-order valence-electron chi connectivity index (χ0n) is 12.5. The molecule has 6 heteroatoms. The molecule has 1 aliphatic heterocycles. The van der Waals surface area contributed by atoms with E-state index >= 15 is 0 Å². The summed E-state index contributed by atoms with van der Waals surface area (Å²) >= 11 is 0. The number of nitrogens with zero attached hydrogens (tertiary/aromatic N) is 2. The second kappa shape index (κ2) is 5.53. The first-order chi connectivity index (χ1) is 11.2. The lowest BCUT2D eigenvalue weighted by Gasteiger charge is -2.31. The molecule has 1 aromatic carbocycles. The van der Waals surface area contributed by atoms with Gasteiger partial charge in [-0.05, 0) is 42.5 Å². The van der Waals surface area contributed by atoms with Crippen LogP contribution in [0.5, 0.6) is 0 Å². The highest BCUT2D eigenvalue weighted by Gasteiger charge is 2.27. The summed E-state index contributed by atoms with van der Waals surface area (Å²) < 4.78 is 18.2. The molecule has 1 aliphatic rings. The number of amides is 1. The van der Waals surface area contributed by atoms with E-state index in [1.807, 2.05) is 12.3 Å². The van der Waals surface area contributed by atoms with Crippen molar-refractivity contribution in [1.29, 1.82) is 0 Å². The second-order valence-electron chi connectivity index (χ2n) is 5.88. The van der Waals surface area contributed by atoms with E-state index in [9.17, 15) is 9.18 Å². The summed E-state index contributed by atoms with van der Waals surface area (Å²) in [4.78, 5) is 17.2. The zero-order valence-corrected chi connectivity index (χ0v) is 12.5. The number of fused-ring (bicyclic) bond motifs is 1. The minimum atomic E-state index is -0.238. The van der Waals surface area contributed by atoms with Crippen LogP contribution in [0.15, 0.2) is 41.2 Å². The third-order valence-electron chi connectivity index (χ3n) is 4.55. The Balaban J connectivity index is 1.49. The van der Waals surface area contributed by atoms with Gasteiger partial charge in [-0.2, -0.15) is 0 Å². The Morgan fingerprint density at radius 1 is 1.30 bits per heavy atom. The molecule has 3 aromatic rings. The van der Waals surface area contributed by atoms with E-state index in [1.165, 1.54) is 23.9 Å². The van der Waals surface area contributed by atoms with Crippen molar-refractivity contribution in [3.8, 4) is 0 Å². The lowest BCUT2D eigenvalue weighted by atomic mass is 9.89. The van der Waals surface area contributed by atoms with E-state index in [4.69, 9.17) is 4.52 Å². The number of benzene rings is 1. The van der Waals surface area contributed by atoms with Crippen molar-refractivity contribution in [2.24, 2.45) is 0 Å². The Bertz CT molecular complexity index is 833. The Morgan fingerprint density at radius 2 is 2.13 bits per heavy atom. The molecular formula is C17H16FN3O2. The molecule has 0 saturated carbocycles. The molecule has 4 rings (SSSR count). The fraction of sp³-hybridized carbons (Fsp3) is 0.294. The smallest absolute Gasteiger partial charge is 0.292 e. The van der Waals surface area contributed by atoms with Crippen LogP contribution in [0.3, 0.4) is 0 Å². The predicted molar refractivity (Wildman–Crippen MR) is 82.6 cm³/mol. The number of hydrogen-bond acceptors (Lipinski definition) is 3. The van der Waals surface area contributed by atoms with Crippen LogP contribution < -0.4 is 0 Å². The van der Waals surface area contributed by atoms with Crippen LogP contribution in [0.25, 0.3) is 10.9 Å². The molecule has 0 radical (unpaired) electrons. The van der Waals surface area contributed by atoms with Gasteiger partial charge >= 0.3 is 0 Å². The Hall–Kier alpha value is -2.63. The molecule has 0 aliphatic carbocycles. The third kappa shape index (κ3) is 2.50. The lowest BCUT2D eigenvalue weighted by molar-refractivity contribution is 0.0671. The van der Waals surface area contributed by atoms with Crippen molar-refractivity contribution in [3.05, 3.63) is 53.8 Å². The molecular weight excluding hydrogens is 297 g/mol. The minimum absolute atomic E-state index is 0.109. The maximum atomic E-state index is 13.3. The average molecular weight is 313 g/mol. The summed E-state index contributed by atoms with van der Waals surface area (Å²) in [6.07, 6.45) is 5.20. The standard InChI is InChI=1S/C17H16FN3O2/c18-12-1-2-13-14(10-19-15(13)9-12)11-4-7-21(8-5-11)17(22)16-3-6-20-23-16/h1-3,6,9-11,19H,4-5,7-8H2. The maximum Gasteiger partial charge on any atom is 0.292 e. The summed E-state index contributed by atoms with van der Waals surface area (Å²) in [6, 6.07) is 6.41. The van der Waals surface area contributed by atoms with Crippen LogP contribution in [0.2, 0.25) is 0 Å². The van der Waals surface area contributed by atoms with Gasteiger partial charge in [0.15, 0.2) is 0 Å². The normalized spacial score (nSPS) is 16.1. The molecule has 0 atom stereocenters. The molecule has 2 aromatic heterocycles. The Labute approximate surface area is 132 Å². The highest BCUT2D eigenvalue weighted by atomic mass is 19.1. The van der Waals surface area contributed by atoms with Crippen molar-refractivity contribution in [2.75, 3.05) is 13.1 Å². The van der Waals surface area contributed by atoms with Gasteiger partial charge in [-0.15, -0.1) is 0 Å². The summed E-state index contributed by atoms with van der Waals surface area (Å²) in [6.45, 7) is 1.36. The summed E-state index contributed by atoms with van der Waals surface area (Å²) in [5.41, 5.74) is 2.02. The number of piperidine rings is 1. The van der Waals surface area contributed by atoms with E-state index < -0.39 is 0 Å². The molecule has 0 unspecified atom stereocenters. The molecule has 1 fully saturated rings. The monoisotopic (exact) mass is 313 g/mol. The number of rotatable bonds is 2. The van der Waals surface area contributed by atoms with E-state index in [-0.39, 0.29) is 17.5 Å². The Kier molecular flexibility index (Phi) is 3.37. The summed E-state index contributed by atoms with van der Waals surface area (Å²) in [5, 5.41) is 4.64. The van der Waals surface area contributed by atoms with Gasteiger partial charge in [0.05, 0.1) is 6.20 Å². The molecule has 3 heterocycles. The van der Waals surface area contributed by atoms with Gasteiger partial charge in [-0.3, -0.25) is 4.79 Å². The van der Waals surface area contributed by atoms with Gasteiger partial charge in [-0.25, -0.2) is 4.39 Å². The molecule has 5 nitrogen and oxygen atoms in total. The first-order valence-corrected chi connectivity index (χ1v) is 7.69. The quantitative estimate of drug-likeness (QED) is 0.789. The van der Waals surface area contributed by atoms with E-state index in [2.05, 4.69) is 10.1 Å². The number of H-pyrrole nitrogens is 1. The molecule has 1 amide bonds. The van der Waals surface area contributed by atoms with E-state index in [0.717, 1.165) is 23.7 Å². The number of likely N-dealkylation sites (tertiary alicyclic amines) is 1. The molecule has 23 heavy (non-hydrogen) atoms. The van der Waals surface area contributed by atoms with Crippen LogP contribution in [-0.4, -0.2) is 34.0 Å². The number of carbonyl (C=O) groups excluding carboxylic acids is 1. The molecule has 0 spiro atoms. The van der Waals surface area contributed by atoms with Crippen LogP contribution in [0, 0.1) is 5.82 Å². The molecule has 1 N–H and O–H groups in total. The second-order valence-corrected chi connectivity index (χ2v) is 5.88. The first kappa shape index (κ1) is 14.0. The van der Waals surface area contributed by atoms with Gasteiger partial charge in [0.1, 0.15) is 5.82 Å². The third-order valence-corrected chi connectivity index (χ3v) is 4.55. The van der Waals surface area contributed by atoms with Gasteiger partial charge in [0.2, 0.25) is 5.76 Å². The Morgan fingerprint density at radius 3 is 2.87 bits per heavy atom. The number of carbonyl (C=O) groups is 1. The fourth-order valence-electron chi connectivity index (χ4n) is 3.33. The van der Waals surface area contributed by atoms with Gasteiger partial charge < -0.3 is 14.4 Å². The summed E-state index contributed by atoms with van der Waals surface area (Å²) in [5.74, 6) is 0.305. The largest absolute Gasteiger partial charge is 0.361 e. The molecule has 1 saturated heterocycles. The van der Waals surface area contributed by atoms with Crippen molar-refractivity contribution in [2.45, 2.75) is 18.8 Å². The van der Waals surface area contributed by atoms with Gasteiger partial charge in [0, 0.05) is 36.3 Å². The number of aromatic amines is 1. The zero-order chi connectivity index (χ0) is 15.8. The van der Waals surface area contributed by atoms with Gasteiger partial charge in [0.25, 0.3) is 5.91 Å². The summed E-state index contributed by atoms with van der Waals surface area (Å²) in [7, 11) is 0. The topological polar surface area (TPSA) is 62.1 Å². The van der Waals surface area contributed by atoms with E-state index in [0.29, 0.717) is 19.0 Å². The average Bonchev–Trinajstić information content (AvgIpc) is 3.23. The fourth-order valence-corrected chi connectivity index (χ4v) is 3.33. The maximum absolute atomic E-state index is 13.3. The van der Waals surface area contributed by atoms with Gasteiger partial charge in [-0.1, -0.05) is 5.16 Å². The highest BCUT2D eigenvalue weighted by Crippen LogP contribution is 2.33. The van der Waals surface area contributed by atoms with Crippen LogP contribution in [0.1, 0.15) is 34.9 Å². The number of nitrogens with one attached hydrogen (secondary N) is 1. The van der Waals surface area contributed by atoms with Crippen LogP contribution >= 0.6 is 0 Å². The highest BCUT2D eigenvalue weighted by molar-refractivity contribution is 5.91. The predicted octanol–water partition coefficient (Wildman–Crippen LogP) is 3.31. The molecule has 0 bridgehead atoms. The lowest BCUT2D eigenvalue weighted by Crippen LogP contribution is -2.37.